The van der Waals surface area contributed by atoms with Crippen LogP contribution in [0.5, 0.6) is 0 Å². The molecule has 2 rings (SSSR count). The van der Waals surface area contributed by atoms with E-state index in [1.54, 1.807) is 12.1 Å². The molecule has 92 valence electrons. The normalized spacial score (nSPS) is 10.4. The second kappa shape index (κ2) is 4.94. The minimum atomic E-state index is 0.0336. The van der Waals surface area contributed by atoms with Crippen molar-refractivity contribution in [2.45, 2.75) is 13.8 Å². The molecule has 0 radical (unpaired) electrons. The van der Waals surface area contributed by atoms with Gasteiger partial charge in [-0.25, -0.2) is 0 Å². The summed E-state index contributed by atoms with van der Waals surface area (Å²) < 4.78 is 0.907. The molecule has 0 fully saturated rings. The zero-order chi connectivity index (χ0) is 13.3. The molecule has 2 aromatic rings. The van der Waals surface area contributed by atoms with Crippen molar-refractivity contribution in [3.8, 4) is 0 Å². The zero-order valence-electron chi connectivity index (χ0n) is 10.3. The van der Waals surface area contributed by atoms with E-state index in [1.807, 2.05) is 38.1 Å². The summed E-state index contributed by atoms with van der Waals surface area (Å²) in [6, 6.07) is 11.1. The Morgan fingerprint density at radius 3 is 2.39 bits per heavy atom. The molecule has 2 N–H and O–H groups in total. The molecule has 18 heavy (non-hydrogen) atoms. The lowest BCUT2D eigenvalue weighted by Crippen LogP contribution is -2.06. The quantitative estimate of drug-likeness (QED) is 0.676. The van der Waals surface area contributed by atoms with Crippen LogP contribution in [-0.4, -0.2) is 5.78 Å². The van der Waals surface area contributed by atoms with E-state index >= 15 is 0 Å². The molecular formula is C15H14BrNO. The second-order valence-corrected chi connectivity index (χ2v) is 5.28. The van der Waals surface area contributed by atoms with Gasteiger partial charge >= 0.3 is 0 Å². The molecule has 0 saturated carbocycles. The third-order valence-electron chi connectivity index (χ3n) is 2.94. The van der Waals surface area contributed by atoms with Gasteiger partial charge in [-0.15, -0.1) is 0 Å². The first-order chi connectivity index (χ1) is 8.49. The minimum absolute atomic E-state index is 0.0336. The van der Waals surface area contributed by atoms with E-state index < -0.39 is 0 Å². The Labute approximate surface area is 115 Å². The van der Waals surface area contributed by atoms with Crippen LogP contribution in [0.4, 0.5) is 5.69 Å². The van der Waals surface area contributed by atoms with Crippen LogP contribution < -0.4 is 5.73 Å². The number of hydrogen-bond donors (Lipinski definition) is 1. The summed E-state index contributed by atoms with van der Waals surface area (Å²) in [7, 11) is 0. The van der Waals surface area contributed by atoms with Gasteiger partial charge in [0.25, 0.3) is 0 Å². The summed E-state index contributed by atoms with van der Waals surface area (Å²) in [5.41, 5.74) is 9.67. The molecule has 0 amide bonds. The number of halogens is 1. The van der Waals surface area contributed by atoms with Crippen molar-refractivity contribution in [2.75, 3.05) is 5.73 Å². The smallest absolute Gasteiger partial charge is 0.193 e. The van der Waals surface area contributed by atoms with E-state index in [0.717, 1.165) is 21.2 Å². The monoisotopic (exact) mass is 303 g/mol. The third kappa shape index (κ3) is 2.46. The second-order valence-electron chi connectivity index (χ2n) is 4.36. The molecule has 0 bridgehead atoms. The Kier molecular flexibility index (Phi) is 3.53. The van der Waals surface area contributed by atoms with Crippen molar-refractivity contribution >= 4 is 27.4 Å². The molecule has 0 saturated heterocycles. The average Bonchev–Trinajstić information content (AvgIpc) is 2.31. The number of nitrogens with two attached hydrogens (primary N) is 1. The Hall–Kier alpha value is -1.61. The molecule has 0 spiro atoms. The lowest BCUT2D eigenvalue weighted by atomic mass is 9.96. The number of anilines is 1. The number of hydrogen-bond acceptors (Lipinski definition) is 2. The highest BCUT2D eigenvalue weighted by molar-refractivity contribution is 9.10. The van der Waals surface area contributed by atoms with E-state index in [0.29, 0.717) is 11.3 Å². The summed E-state index contributed by atoms with van der Waals surface area (Å²) >= 11 is 3.40. The van der Waals surface area contributed by atoms with Crippen LogP contribution in [0.3, 0.4) is 0 Å². The van der Waals surface area contributed by atoms with Gasteiger partial charge in [-0.05, 0) is 55.3 Å². The van der Waals surface area contributed by atoms with Gasteiger partial charge in [0, 0.05) is 21.3 Å². The highest BCUT2D eigenvalue weighted by Crippen LogP contribution is 2.22. The molecule has 3 heteroatoms. The topological polar surface area (TPSA) is 43.1 Å². The summed E-state index contributed by atoms with van der Waals surface area (Å²) in [5, 5.41) is 0. The van der Waals surface area contributed by atoms with Crippen molar-refractivity contribution in [3.63, 3.8) is 0 Å². The van der Waals surface area contributed by atoms with Crippen LogP contribution in [0.15, 0.2) is 40.9 Å². The number of ketones is 1. The van der Waals surface area contributed by atoms with Crippen LogP contribution in [0.1, 0.15) is 27.0 Å². The summed E-state index contributed by atoms with van der Waals surface area (Å²) in [5.74, 6) is 0.0336. The highest BCUT2D eigenvalue weighted by Gasteiger charge is 2.14. The maximum absolute atomic E-state index is 12.5. The van der Waals surface area contributed by atoms with Gasteiger partial charge < -0.3 is 5.73 Å². The lowest BCUT2D eigenvalue weighted by molar-refractivity contribution is 0.103. The average molecular weight is 304 g/mol. The van der Waals surface area contributed by atoms with Gasteiger partial charge in [-0.2, -0.15) is 0 Å². The fourth-order valence-corrected chi connectivity index (χ4v) is 2.29. The standard InChI is InChI=1S/C15H14BrNO/c1-9-3-4-11(16)8-14(9)15(18)13-6-5-12(17)7-10(13)2/h3-8H,17H2,1-2H3. The van der Waals surface area contributed by atoms with Gasteiger partial charge in [0.1, 0.15) is 0 Å². The molecule has 0 aromatic heterocycles. The third-order valence-corrected chi connectivity index (χ3v) is 3.43. The first kappa shape index (κ1) is 12.8. The molecule has 0 aliphatic heterocycles. The Morgan fingerprint density at radius 2 is 1.72 bits per heavy atom. The molecule has 0 heterocycles. The SMILES string of the molecule is Cc1cc(N)ccc1C(=O)c1cc(Br)ccc1C. The van der Waals surface area contributed by atoms with Crippen LogP contribution >= 0.6 is 15.9 Å². The maximum Gasteiger partial charge on any atom is 0.193 e. The Morgan fingerprint density at radius 1 is 1.00 bits per heavy atom. The van der Waals surface area contributed by atoms with Gasteiger partial charge in [0.2, 0.25) is 0 Å². The molecule has 0 atom stereocenters. The van der Waals surface area contributed by atoms with Crippen LogP contribution in [0.25, 0.3) is 0 Å². The number of aryl methyl sites for hydroxylation is 2. The lowest BCUT2D eigenvalue weighted by Gasteiger charge is -2.09. The molecule has 0 unspecified atom stereocenters. The zero-order valence-corrected chi connectivity index (χ0v) is 11.9. The van der Waals surface area contributed by atoms with Crippen molar-refractivity contribution in [1.29, 1.82) is 0 Å². The van der Waals surface area contributed by atoms with Crippen LogP contribution in [-0.2, 0) is 0 Å². The van der Waals surface area contributed by atoms with Gasteiger partial charge in [0.15, 0.2) is 5.78 Å². The van der Waals surface area contributed by atoms with E-state index in [9.17, 15) is 4.79 Å². The molecular weight excluding hydrogens is 290 g/mol. The van der Waals surface area contributed by atoms with Gasteiger partial charge in [-0.1, -0.05) is 22.0 Å². The van der Waals surface area contributed by atoms with Crippen molar-refractivity contribution in [2.24, 2.45) is 0 Å². The fourth-order valence-electron chi connectivity index (χ4n) is 1.93. The number of rotatable bonds is 2. The molecule has 2 nitrogen and oxygen atoms in total. The molecule has 0 aliphatic carbocycles. The van der Waals surface area contributed by atoms with Gasteiger partial charge in [0.05, 0.1) is 0 Å². The summed E-state index contributed by atoms with van der Waals surface area (Å²) in [4.78, 5) is 12.5. The van der Waals surface area contributed by atoms with Gasteiger partial charge in [-0.3, -0.25) is 4.79 Å². The number of benzene rings is 2. The van der Waals surface area contributed by atoms with Crippen LogP contribution in [0, 0.1) is 13.8 Å². The van der Waals surface area contributed by atoms with Crippen molar-refractivity contribution < 1.29 is 4.79 Å². The largest absolute Gasteiger partial charge is 0.399 e. The first-order valence-electron chi connectivity index (χ1n) is 5.66. The molecule has 2 aromatic carbocycles. The summed E-state index contributed by atoms with van der Waals surface area (Å²) in [6.07, 6.45) is 0. The predicted octanol–water partition coefficient (Wildman–Crippen LogP) is 3.88. The predicted molar refractivity (Wildman–Crippen MR) is 77.9 cm³/mol. The van der Waals surface area contributed by atoms with E-state index in [-0.39, 0.29) is 5.78 Å². The Bertz CT molecular complexity index is 620. The fraction of sp³-hybridized carbons (Fsp3) is 0.133. The molecule has 0 aliphatic rings. The minimum Gasteiger partial charge on any atom is -0.399 e. The van der Waals surface area contributed by atoms with E-state index in [2.05, 4.69) is 15.9 Å². The highest BCUT2D eigenvalue weighted by atomic mass is 79.9. The first-order valence-corrected chi connectivity index (χ1v) is 6.45. The maximum atomic E-state index is 12.5. The van der Waals surface area contributed by atoms with Crippen molar-refractivity contribution in [3.05, 3.63) is 63.1 Å². The summed E-state index contributed by atoms with van der Waals surface area (Å²) in [6.45, 7) is 3.84. The number of nitrogen functional groups attached to an aromatic ring is 1. The van der Waals surface area contributed by atoms with Crippen molar-refractivity contribution in [1.82, 2.24) is 0 Å². The Balaban J connectivity index is 2.51. The van der Waals surface area contributed by atoms with E-state index in [1.165, 1.54) is 0 Å². The number of carbonyl (C=O) groups is 1. The van der Waals surface area contributed by atoms with E-state index in [4.69, 9.17) is 5.73 Å². The van der Waals surface area contributed by atoms with Crippen LogP contribution in [0.2, 0.25) is 0 Å². The number of carbonyl (C=O) groups excluding carboxylic acids is 1.